The van der Waals surface area contributed by atoms with Gasteiger partial charge in [-0.1, -0.05) is 0 Å². The van der Waals surface area contributed by atoms with Crippen LogP contribution in [-0.4, -0.2) is 31.7 Å². The molecule has 0 aromatic heterocycles. The Morgan fingerprint density at radius 2 is 2.78 bits per heavy atom. The molecule has 0 aromatic carbocycles. The fourth-order valence-corrected chi connectivity index (χ4v) is 0.731. The van der Waals surface area contributed by atoms with Gasteiger partial charge in [-0.05, 0) is 13.1 Å². The molecule has 0 fully saturated rings. The monoisotopic (exact) mass is 125 g/mol. The van der Waals surface area contributed by atoms with Crippen LogP contribution in [0.15, 0.2) is 9.98 Å². The van der Waals surface area contributed by atoms with Crippen molar-refractivity contribution in [3.05, 3.63) is 0 Å². The van der Waals surface area contributed by atoms with Gasteiger partial charge >= 0.3 is 0 Å². The summed E-state index contributed by atoms with van der Waals surface area (Å²) in [5, 5.41) is 3.13. The Balaban J connectivity index is 2.26. The maximum atomic E-state index is 4.16. The van der Waals surface area contributed by atoms with E-state index >= 15 is 0 Å². The quantitative estimate of drug-likeness (QED) is 0.521. The van der Waals surface area contributed by atoms with Crippen LogP contribution in [0.5, 0.6) is 0 Å². The smallest absolute Gasteiger partial charge is 0.118 e. The fourth-order valence-electron chi connectivity index (χ4n) is 0.731. The molecule has 3 nitrogen and oxygen atoms in total. The molecule has 1 rings (SSSR count). The van der Waals surface area contributed by atoms with Crippen LogP contribution in [0.2, 0.25) is 0 Å². The van der Waals surface area contributed by atoms with Gasteiger partial charge in [0.1, 0.15) is 5.84 Å². The minimum Gasteiger partial charge on any atom is -0.370 e. The molecule has 9 heavy (non-hydrogen) atoms. The minimum absolute atomic E-state index is 0.719. The van der Waals surface area contributed by atoms with Crippen molar-refractivity contribution in [1.82, 2.24) is 5.32 Å². The first-order chi connectivity index (χ1) is 4.43. The SMILES string of the molecule is CC=NCC1=NCCN1. The van der Waals surface area contributed by atoms with E-state index in [1.807, 2.05) is 6.92 Å². The minimum atomic E-state index is 0.719. The van der Waals surface area contributed by atoms with Crippen molar-refractivity contribution in [2.75, 3.05) is 19.6 Å². The van der Waals surface area contributed by atoms with Gasteiger partial charge in [0.15, 0.2) is 0 Å². The summed E-state index contributed by atoms with van der Waals surface area (Å²) in [6.45, 7) is 4.52. The van der Waals surface area contributed by atoms with Crippen molar-refractivity contribution >= 4 is 12.1 Å². The van der Waals surface area contributed by atoms with Gasteiger partial charge in [0.25, 0.3) is 0 Å². The third kappa shape index (κ3) is 1.83. The average molecular weight is 125 g/mol. The van der Waals surface area contributed by atoms with Gasteiger partial charge in [0.2, 0.25) is 0 Å². The number of hydrogen-bond donors (Lipinski definition) is 1. The van der Waals surface area contributed by atoms with E-state index in [4.69, 9.17) is 0 Å². The third-order valence-corrected chi connectivity index (χ3v) is 1.17. The van der Waals surface area contributed by atoms with Gasteiger partial charge < -0.3 is 5.32 Å². The molecule has 1 heterocycles. The van der Waals surface area contributed by atoms with Crippen LogP contribution in [0.25, 0.3) is 0 Å². The van der Waals surface area contributed by atoms with Crippen molar-refractivity contribution in [1.29, 1.82) is 0 Å². The van der Waals surface area contributed by atoms with Crippen LogP contribution >= 0.6 is 0 Å². The van der Waals surface area contributed by atoms with Gasteiger partial charge in [-0.15, -0.1) is 0 Å². The Kier molecular flexibility index (Phi) is 2.24. The van der Waals surface area contributed by atoms with E-state index in [0.717, 1.165) is 25.5 Å². The molecule has 1 aliphatic heterocycles. The van der Waals surface area contributed by atoms with Crippen molar-refractivity contribution < 1.29 is 0 Å². The first kappa shape index (κ1) is 6.26. The Morgan fingerprint density at radius 1 is 1.89 bits per heavy atom. The number of nitrogens with one attached hydrogen (secondary N) is 1. The van der Waals surface area contributed by atoms with Gasteiger partial charge in [0, 0.05) is 6.54 Å². The van der Waals surface area contributed by atoms with Gasteiger partial charge in [-0.3, -0.25) is 9.98 Å². The summed E-state index contributed by atoms with van der Waals surface area (Å²) in [5.41, 5.74) is 0. The van der Waals surface area contributed by atoms with E-state index in [9.17, 15) is 0 Å². The molecule has 0 radical (unpaired) electrons. The molecule has 0 spiro atoms. The first-order valence-electron chi connectivity index (χ1n) is 3.15. The van der Waals surface area contributed by atoms with Crippen LogP contribution in [0.1, 0.15) is 6.92 Å². The number of amidine groups is 1. The first-order valence-corrected chi connectivity index (χ1v) is 3.15. The zero-order chi connectivity index (χ0) is 6.53. The summed E-state index contributed by atoms with van der Waals surface area (Å²) in [6, 6.07) is 0. The second-order valence-electron chi connectivity index (χ2n) is 1.85. The number of hydrogen-bond acceptors (Lipinski definition) is 3. The summed E-state index contributed by atoms with van der Waals surface area (Å²) >= 11 is 0. The van der Waals surface area contributed by atoms with Crippen molar-refractivity contribution in [3.63, 3.8) is 0 Å². The van der Waals surface area contributed by atoms with Crippen LogP contribution in [0.3, 0.4) is 0 Å². The molecule has 0 unspecified atom stereocenters. The lowest BCUT2D eigenvalue weighted by atomic mass is 10.6. The lowest BCUT2D eigenvalue weighted by Gasteiger charge is -1.93. The predicted octanol–water partition coefficient (Wildman–Crippen LogP) is 0.0788. The van der Waals surface area contributed by atoms with Crippen molar-refractivity contribution in [2.24, 2.45) is 9.98 Å². The van der Waals surface area contributed by atoms with E-state index in [1.165, 1.54) is 0 Å². The molecule has 0 aromatic rings. The highest BCUT2D eigenvalue weighted by molar-refractivity contribution is 5.86. The molecule has 50 valence electrons. The summed E-state index contributed by atoms with van der Waals surface area (Å²) in [5.74, 6) is 1.02. The third-order valence-electron chi connectivity index (χ3n) is 1.17. The second-order valence-corrected chi connectivity index (χ2v) is 1.85. The molecular formula is C6H11N3. The highest BCUT2D eigenvalue weighted by Crippen LogP contribution is 1.84. The van der Waals surface area contributed by atoms with Crippen LogP contribution < -0.4 is 5.32 Å². The molecule has 0 amide bonds. The Labute approximate surface area is 54.9 Å². The van der Waals surface area contributed by atoms with E-state index in [1.54, 1.807) is 6.21 Å². The van der Waals surface area contributed by atoms with Crippen molar-refractivity contribution in [3.8, 4) is 0 Å². The van der Waals surface area contributed by atoms with Gasteiger partial charge in [-0.25, -0.2) is 0 Å². The molecule has 0 atom stereocenters. The van der Waals surface area contributed by atoms with Gasteiger partial charge in [0.05, 0.1) is 13.1 Å². The van der Waals surface area contributed by atoms with E-state index in [0.29, 0.717) is 0 Å². The van der Waals surface area contributed by atoms with Crippen LogP contribution in [0, 0.1) is 0 Å². The maximum Gasteiger partial charge on any atom is 0.118 e. The summed E-state index contributed by atoms with van der Waals surface area (Å²) < 4.78 is 0. The Hall–Kier alpha value is -0.860. The fraction of sp³-hybridized carbons (Fsp3) is 0.667. The van der Waals surface area contributed by atoms with E-state index in [-0.39, 0.29) is 0 Å². The van der Waals surface area contributed by atoms with Crippen LogP contribution in [0.4, 0.5) is 0 Å². The average Bonchev–Trinajstić information content (AvgIpc) is 2.34. The highest BCUT2D eigenvalue weighted by Gasteiger charge is 2.00. The standard InChI is InChI=1S/C6H11N3/c1-2-7-5-6-8-3-4-9-6/h2H,3-5H2,1H3,(H,8,9). The Bertz CT molecular complexity index is 137. The lowest BCUT2D eigenvalue weighted by molar-refractivity contribution is 0.954. The molecule has 1 aliphatic rings. The predicted molar refractivity (Wildman–Crippen MR) is 39.3 cm³/mol. The highest BCUT2D eigenvalue weighted by atomic mass is 15.1. The number of rotatable bonds is 2. The zero-order valence-electron chi connectivity index (χ0n) is 5.59. The van der Waals surface area contributed by atoms with Gasteiger partial charge in [-0.2, -0.15) is 0 Å². The number of nitrogens with zero attached hydrogens (tertiary/aromatic N) is 2. The second kappa shape index (κ2) is 3.22. The molecule has 0 saturated heterocycles. The van der Waals surface area contributed by atoms with E-state index in [2.05, 4.69) is 15.3 Å². The molecule has 0 saturated carbocycles. The summed E-state index contributed by atoms with van der Waals surface area (Å²) in [4.78, 5) is 8.20. The molecule has 1 N–H and O–H groups in total. The lowest BCUT2D eigenvalue weighted by Crippen LogP contribution is -2.20. The Morgan fingerprint density at radius 3 is 3.33 bits per heavy atom. The number of aliphatic imine (C=N–C) groups is 2. The zero-order valence-corrected chi connectivity index (χ0v) is 5.59. The molecular weight excluding hydrogens is 114 g/mol. The largest absolute Gasteiger partial charge is 0.370 e. The molecule has 0 aliphatic carbocycles. The van der Waals surface area contributed by atoms with Crippen LogP contribution in [-0.2, 0) is 0 Å². The normalized spacial score (nSPS) is 18.1. The summed E-state index contributed by atoms with van der Waals surface area (Å²) in [6.07, 6.45) is 1.79. The molecule has 0 bridgehead atoms. The topological polar surface area (TPSA) is 36.8 Å². The van der Waals surface area contributed by atoms with Crippen molar-refractivity contribution in [2.45, 2.75) is 6.92 Å². The van der Waals surface area contributed by atoms with E-state index < -0.39 is 0 Å². The summed E-state index contributed by atoms with van der Waals surface area (Å²) in [7, 11) is 0. The molecule has 3 heteroatoms. The maximum absolute atomic E-state index is 4.16.